The fourth-order valence-corrected chi connectivity index (χ4v) is 3.84. The molecule has 0 aromatic heterocycles. The Morgan fingerprint density at radius 3 is 2.62 bits per heavy atom. The average molecular weight is 407 g/mol. The first-order valence-corrected chi connectivity index (χ1v) is 10.1. The molecule has 1 aliphatic rings. The summed E-state index contributed by atoms with van der Waals surface area (Å²) in [6.07, 6.45) is 5.58. The molecular weight excluding hydrogens is 384 g/mol. The number of carboxylic acids is 1. The Kier molecular flexibility index (Phi) is 6.76. The van der Waals surface area contributed by atoms with Crippen LogP contribution in [-0.2, 0) is 11.3 Å². The molecule has 0 fully saturated rings. The summed E-state index contributed by atoms with van der Waals surface area (Å²) in [6, 6.07) is 17.1. The van der Waals surface area contributed by atoms with E-state index in [-0.39, 0.29) is 5.57 Å². The van der Waals surface area contributed by atoms with E-state index >= 15 is 0 Å². The molecule has 0 amide bonds. The Morgan fingerprint density at radius 2 is 1.93 bits per heavy atom. The van der Waals surface area contributed by atoms with Crippen LogP contribution in [0.2, 0.25) is 0 Å². The van der Waals surface area contributed by atoms with Gasteiger partial charge in [-0.05, 0) is 23.6 Å². The molecule has 0 bridgehead atoms. The molecule has 1 aliphatic heterocycles. The third-order valence-electron chi connectivity index (χ3n) is 4.59. The van der Waals surface area contributed by atoms with Crippen molar-refractivity contribution in [3.05, 3.63) is 71.9 Å². The molecule has 2 aromatic carbocycles. The summed E-state index contributed by atoms with van der Waals surface area (Å²) in [5.41, 5.74) is 3.06. The minimum absolute atomic E-state index is 0.163. The van der Waals surface area contributed by atoms with Crippen molar-refractivity contribution in [3.63, 3.8) is 0 Å². The first-order chi connectivity index (χ1) is 14.0. The van der Waals surface area contributed by atoms with Crippen LogP contribution in [0, 0.1) is 12.3 Å². The van der Waals surface area contributed by atoms with Gasteiger partial charge in [0.2, 0.25) is 0 Å². The van der Waals surface area contributed by atoms with Crippen LogP contribution in [0.3, 0.4) is 0 Å². The highest BCUT2D eigenvalue weighted by molar-refractivity contribution is 8.13. The molecule has 2 unspecified atom stereocenters. The van der Waals surface area contributed by atoms with Crippen molar-refractivity contribution in [2.75, 3.05) is 5.88 Å². The third kappa shape index (κ3) is 5.08. The van der Waals surface area contributed by atoms with Gasteiger partial charge in [-0.1, -0.05) is 72.3 Å². The van der Waals surface area contributed by atoms with E-state index in [2.05, 4.69) is 10.9 Å². The monoisotopic (exact) mass is 406 g/mol. The van der Waals surface area contributed by atoms with Gasteiger partial charge in [0.1, 0.15) is 12.1 Å². The number of aliphatic hydroxyl groups excluding tert-OH is 1. The first kappa shape index (κ1) is 20.7. The van der Waals surface area contributed by atoms with Crippen molar-refractivity contribution in [3.8, 4) is 23.5 Å². The molecule has 0 radical (unpaired) electrons. The maximum Gasteiger partial charge on any atom is 0.335 e. The number of aliphatic imine (C=N–C) groups is 1. The molecular formula is C23H22N2O3S. The molecule has 6 heteroatoms. The molecule has 2 aromatic rings. The first-order valence-electron chi connectivity index (χ1n) is 9.13. The van der Waals surface area contributed by atoms with Crippen LogP contribution in [0.15, 0.2) is 71.4 Å². The van der Waals surface area contributed by atoms with Crippen LogP contribution in [0.1, 0.15) is 12.5 Å². The molecule has 2 atom stereocenters. The molecule has 29 heavy (non-hydrogen) atoms. The lowest BCUT2D eigenvalue weighted by atomic mass is 9.99. The van der Waals surface area contributed by atoms with Crippen molar-refractivity contribution in [2.45, 2.75) is 25.6 Å². The topological polar surface area (TPSA) is 73.1 Å². The molecule has 0 aliphatic carbocycles. The SMILES string of the molecule is C#CC1N=C(C)SCN(Cc2ccccc2-c2ccccc2)/C=C(/C(=O)O)C1O. The number of thioether (sulfide) groups is 1. The number of rotatable bonds is 4. The minimum atomic E-state index is -1.38. The van der Waals surface area contributed by atoms with E-state index in [0.717, 1.165) is 16.7 Å². The Morgan fingerprint density at radius 1 is 1.24 bits per heavy atom. The Labute approximate surface area is 174 Å². The number of nitrogens with zero attached hydrogens (tertiary/aromatic N) is 2. The summed E-state index contributed by atoms with van der Waals surface area (Å²) >= 11 is 1.46. The summed E-state index contributed by atoms with van der Waals surface area (Å²) in [6.45, 7) is 2.29. The van der Waals surface area contributed by atoms with Gasteiger partial charge < -0.3 is 15.1 Å². The fourth-order valence-electron chi connectivity index (χ4n) is 3.14. The van der Waals surface area contributed by atoms with E-state index in [9.17, 15) is 15.0 Å². The number of benzene rings is 2. The van der Waals surface area contributed by atoms with Crippen molar-refractivity contribution in [2.24, 2.45) is 4.99 Å². The van der Waals surface area contributed by atoms with Crippen LogP contribution in [0.5, 0.6) is 0 Å². The number of carboxylic acid groups (broad SMARTS) is 1. The summed E-state index contributed by atoms with van der Waals surface area (Å²) in [5.74, 6) is 1.66. The van der Waals surface area contributed by atoms with Crippen LogP contribution in [0.4, 0.5) is 0 Å². The second kappa shape index (κ2) is 9.46. The lowest BCUT2D eigenvalue weighted by Gasteiger charge is -2.23. The Balaban J connectivity index is 1.98. The smallest absolute Gasteiger partial charge is 0.335 e. The summed E-state index contributed by atoms with van der Waals surface area (Å²) in [7, 11) is 0. The predicted molar refractivity (Wildman–Crippen MR) is 117 cm³/mol. The third-order valence-corrected chi connectivity index (χ3v) is 5.58. The molecule has 5 nitrogen and oxygen atoms in total. The number of aliphatic carboxylic acids is 1. The van der Waals surface area contributed by atoms with E-state index in [0.29, 0.717) is 17.5 Å². The standard InChI is InChI=1S/C23H22N2O3S/c1-3-21-22(26)20(23(27)28)14-25(15-29-16(2)24-21)13-18-11-7-8-12-19(18)17-9-5-4-6-10-17/h1,4-12,14,21-22,26H,13,15H2,2H3,(H,27,28)/b20-14+,24-16?. The highest BCUT2D eigenvalue weighted by atomic mass is 32.2. The zero-order valence-corrected chi connectivity index (χ0v) is 16.8. The number of carbonyl (C=O) groups is 1. The maximum absolute atomic E-state index is 11.8. The number of aliphatic hydroxyl groups is 1. The lowest BCUT2D eigenvalue weighted by Crippen LogP contribution is -2.30. The highest BCUT2D eigenvalue weighted by Crippen LogP contribution is 2.26. The normalized spacial score (nSPS) is 21.6. The second-order valence-corrected chi connectivity index (χ2v) is 7.78. The molecule has 0 saturated heterocycles. The van der Waals surface area contributed by atoms with Crippen molar-refractivity contribution in [1.82, 2.24) is 4.90 Å². The van der Waals surface area contributed by atoms with Crippen molar-refractivity contribution >= 4 is 22.8 Å². The minimum Gasteiger partial charge on any atom is -0.478 e. The number of hydrogen-bond donors (Lipinski definition) is 2. The quantitative estimate of drug-likeness (QED) is 0.759. The fraction of sp³-hybridized carbons (Fsp3) is 0.217. The molecule has 148 valence electrons. The van der Waals surface area contributed by atoms with Crippen LogP contribution in [0.25, 0.3) is 11.1 Å². The molecule has 2 N–H and O–H groups in total. The van der Waals surface area contributed by atoms with Crippen LogP contribution >= 0.6 is 11.8 Å². The van der Waals surface area contributed by atoms with Gasteiger partial charge in [-0.2, -0.15) is 0 Å². The molecule has 0 saturated carbocycles. The van der Waals surface area contributed by atoms with E-state index < -0.39 is 18.1 Å². The summed E-state index contributed by atoms with van der Waals surface area (Å²) in [4.78, 5) is 18.0. The number of terminal acetylenes is 1. The Bertz CT molecular complexity index is 979. The highest BCUT2D eigenvalue weighted by Gasteiger charge is 2.28. The Hall–Kier alpha value is -3.01. The van der Waals surface area contributed by atoms with Gasteiger partial charge in [0.25, 0.3) is 0 Å². The van der Waals surface area contributed by atoms with E-state index in [1.807, 2.05) is 66.4 Å². The molecule has 0 spiro atoms. The van der Waals surface area contributed by atoms with Crippen molar-refractivity contribution < 1.29 is 15.0 Å². The van der Waals surface area contributed by atoms with Gasteiger partial charge >= 0.3 is 5.97 Å². The van der Waals surface area contributed by atoms with Crippen LogP contribution in [-0.4, -0.2) is 44.1 Å². The largest absolute Gasteiger partial charge is 0.478 e. The predicted octanol–water partition coefficient (Wildman–Crippen LogP) is 3.61. The van der Waals surface area contributed by atoms with E-state index in [4.69, 9.17) is 6.42 Å². The zero-order valence-electron chi connectivity index (χ0n) is 16.0. The van der Waals surface area contributed by atoms with E-state index in [1.165, 1.54) is 18.0 Å². The van der Waals surface area contributed by atoms with E-state index in [1.54, 1.807) is 0 Å². The molecule has 3 rings (SSSR count). The average Bonchev–Trinajstić information content (AvgIpc) is 2.79. The van der Waals surface area contributed by atoms with Gasteiger partial charge in [-0.3, -0.25) is 4.99 Å². The maximum atomic E-state index is 11.8. The van der Waals surface area contributed by atoms with Gasteiger partial charge in [0.15, 0.2) is 0 Å². The second-order valence-electron chi connectivity index (χ2n) is 6.64. The van der Waals surface area contributed by atoms with Gasteiger partial charge in [0, 0.05) is 12.7 Å². The van der Waals surface area contributed by atoms with Gasteiger partial charge in [0.05, 0.1) is 16.5 Å². The molecule has 1 heterocycles. The number of hydrogen-bond acceptors (Lipinski definition) is 5. The van der Waals surface area contributed by atoms with Gasteiger partial charge in [-0.25, -0.2) is 4.79 Å². The van der Waals surface area contributed by atoms with Gasteiger partial charge in [-0.15, -0.1) is 6.42 Å². The summed E-state index contributed by atoms with van der Waals surface area (Å²) in [5, 5.41) is 20.9. The van der Waals surface area contributed by atoms with Crippen LogP contribution < -0.4 is 0 Å². The summed E-state index contributed by atoms with van der Waals surface area (Å²) < 4.78 is 0. The van der Waals surface area contributed by atoms with Crippen molar-refractivity contribution in [1.29, 1.82) is 0 Å². The lowest BCUT2D eigenvalue weighted by molar-refractivity contribution is -0.133. The zero-order chi connectivity index (χ0) is 20.8.